The molecule has 4 heteroatoms. The van der Waals surface area contributed by atoms with E-state index in [0.29, 0.717) is 0 Å². The van der Waals surface area contributed by atoms with Crippen molar-refractivity contribution >= 4 is 67.4 Å². The van der Waals surface area contributed by atoms with Gasteiger partial charge in [0.15, 0.2) is 0 Å². The summed E-state index contributed by atoms with van der Waals surface area (Å²) in [5.41, 5.74) is 11.5. The quantitative estimate of drug-likeness (QED) is 0.155. The molecule has 3 nitrogen and oxygen atoms in total. The van der Waals surface area contributed by atoms with E-state index in [2.05, 4.69) is 197 Å². The molecular weight excluding hydrogens is 663 g/mol. The zero-order valence-electron chi connectivity index (χ0n) is 28.8. The van der Waals surface area contributed by atoms with Gasteiger partial charge in [0, 0.05) is 49.7 Å². The Morgan fingerprint density at radius 3 is 1.83 bits per heavy atom. The predicted octanol–water partition coefficient (Wildman–Crippen LogP) is 14.1. The van der Waals surface area contributed by atoms with Crippen LogP contribution in [0.4, 0.5) is 34.1 Å². The molecular formula is C49H33N3S. The largest absolute Gasteiger partial charge is 0.310 e. The zero-order valence-corrected chi connectivity index (χ0v) is 29.6. The third kappa shape index (κ3) is 5.52. The van der Waals surface area contributed by atoms with Gasteiger partial charge in [-0.05, 0) is 112 Å². The van der Waals surface area contributed by atoms with Crippen LogP contribution in [0.2, 0.25) is 0 Å². The standard InChI is InChI=1S/C49H33N3S/c1-4-14-34(15-5-1)41-21-10-11-23-46(41)52(40-20-13-29-50-33-40)38-26-25-35-30-45-42-28-27-39(51(36-16-6-2-7-17-36)37-18-8-3-9-19-37)32-48(42)53-47-24-12-22-43(49(45)47)44(35)31-38/h1-33H. The van der Waals surface area contributed by atoms with Crippen LogP contribution in [0.5, 0.6) is 0 Å². The van der Waals surface area contributed by atoms with Crippen LogP contribution in [0, 0.1) is 0 Å². The van der Waals surface area contributed by atoms with Crippen molar-refractivity contribution in [3.63, 3.8) is 0 Å². The summed E-state index contributed by atoms with van der Waals surface area (Å²) in [5, 5.41) is 5.02. The number of nitrogens with zero attached hydrogens (tertiary/aromatic N) is 3. The molecule has 0 unspecified atom stereocenters. The van der Waals surface area contributed by atoms with E-state index in [1.807, 2.05) is 30.2 Å². The molecule has 0 radical (unpaired) electrons. The van der Waals surface area contributed by atoms with E-state index in [1.54, 1.807) is 0 Å². The Bertz CT molecular complexity index is 2710. The zero-order chi connectivity index (χ0) is 35.1. The van der Waals surface area contributed by atoms with Crippen LogP contribution in [0.1, 0.15) is 0 Å². The van der Waals surface area contributed by atoms with Crippen LogP contribution in [0.25, 0.3) is 43.8 Å². The Morgan fingerprint density at radius 2 is 1.08 bits per heavy atom. The first-order chi connectivity index (χ1) is 26.3. The molecule has 1 aliphatic rings. The van der Waals surface area contributed by atoms with E-state index >= 15 is 0 Å². The molecule has 9 aromatic rings. The second-order valence-electron chi connectivity index (χ2n) is 13.2. The van der Waals surface area contributed by atoms with Crippen LogP contribution >= 0.6 is 11.8 Å². The minimum absolute atomic E-state index is 1.01. The first-order valence-electron chi connectivity index (χ1n) is 17.9. The van der Waals surface area contributed by atoms with Crippen molar-refractivity contribution in [1.82, 2.24) is 4.98 Å². The van der Waals surface area contributed by atoms with Gasteiger partial charge < -0.3 is 9.80 Å². The van der Waals surface area contributed by atoms with Gasteiger partial charge in [-0.25, -0.2) is 0 Å². The molecule has 0 aliphatic carbocycles. The van der Waals surface area contributed by atoms with Crippen LogP contribution in [-0.4, -0.2) is 4.98 Å². The van der Waals surface area contributed by atoms with Gasteiger partial charge in [-0.3, -0.25) is 4.98 Å². The fourth-order valence-electron chi connectivity index (χ4n) is 7.72. The molecule has 0 atom stereocenters. The van der Waals surface area contributed by atoms with Crippen molar-refractivity contribution in [3.8, 4) is 22.3 Å². The van der Waals surface area contributed by atoms with Gasteiger partial charge in [0.25, 0.3) is 0 Å². The molecule has 2 heterocycles. The lowest BCUT2D eigenvalue weighted by molar-refractivity contribution is 1.23. The van der Waals surface area contributed by atoms with Crippen molar-refractivity contribution in [2.24, 2.45) is 0 Å². The van der Waals surface area contributed by atoms with Crippen molar-refractivity contribution in [3.05, 3.63) is 200 Å². The van der Waals surface area contributed by atoms with Gasteiger partial charge in [0.2, 0.25) is 0 Å². The van der Waals surface area contributed by atoms with Gasteiger partial charge >= 0.3 is 0 Å². The van der Waals surface area contributed by atoms with E-state index in [1.165, 1.54) is 53.6 Å². The van der Waals surface area contributed by atoms with Gasteiger partial charge in [-0.15, -0.1) is 0 Å². The minimum Gasteiger partial charge on any atom is -0.310 e. The molecule has 0 saturated carbocycles. The normalized spacial score (nSPS) is 11.7. The number of aromatic nitrogens is 1. The Morgan fingerprint density at radius 1 is 0.396 bits per heavy atom. The number of fused-ring (bicyclic) bond motifs is 4. The van der Waals surface area contributed by atoms with E-state index in [9.17, 15) is 0 Å². The lowest BCUT2D eigenvalue weighted by atomic mass is 9.92. The molecule has 0 saturated heterocycles. The number of benzene rings is 8. The maximum Gasteiger partial charge on any atom is 0.0645 e. The molecule has 0 spiro atoms. The molecule has 250 valence electrons. The second kappa shape index (κ2) is 13.2. The van der Waals surface area contributed by atoms with E-state index in [0.717, 1.165) is 34.1 Å². The highest BCUT2D eigenvalue weighted by atomic mass is 32.2. The molecule has 10 rings (SSSR count). The number of hydrogen-bond acceptors (Lipinski definition) is 4. The first-order valence-corrected chi connectivity index (χ1v) is 18.7. The first kappa shape index (κ1) is 31.1. The lowest BCUT2D eigenvalue weighted by Gasteiger charge is -2.29. The van der Waals surface area contributed by atoms with Crippen molar-refractivity contribution in [2.75, 3.05) is 9.80 Å². The Hall–Kier alpha value is -6.62. The van der Waals surface area contributed by atoms with Crippen molar-refractivity contribution in [2.45, 2.75) is 9.79 Å². The molecule has 1 aliphatic heterocycles. The Labute approximate surface area is 313 Å². The number of pyridine rings is 1. The SMILES string of the molecule is c1ccc(-c2ccccc2N(c2cccnc2)c2ccc3cc4c5c(cccc5c3c2)Sc2cc(N(c3ccccc3)c3ccccc3)ccc2-4)cc1. The Kier molecular flexibility index (Phi) is 7.74. The lowest BCUT2D eigenvalue weighted by Crippen LogP contribution is -2.11. The molecule has 0 amide bonds. The summed E-state index contributed by atoms with van der Waals surface area (Å²) in [7, 11) is 0. The maximum absolute atomic E-state index is 4.54. The fraction of sp³-hybridized carbons (Fsp3) is 0. The van der Waals surface area contributed by atoms with Crippen LogP contribution in [0.15, 0.2) is 210 Å². The highest BCUT2D eigenvalue weighted by molar-refractivity contribution is 7.99. The summed E-state index contributed by atoms with van der Waals surface area (Å²) in [4.78, 5) is 11.7. The third-order valence-corrected chi connectivity index (χ3v) is 11.2. The van der Waals surface area contributed by atoms with Crippen LogP contribution in [-0.2, 0) is 0 Å². The summed E-state index contributed by atoms with van der Waals surface area (Å²) < 4.78 is 0. The average molecular weight is 696 g/mol. The average Bonchev–Trinajstić information content (AvgIpc) is 3.23. The number of rotatable bonds is 7. The van der Waals surface area contributed by atoms with Crippen molar-refractivity contribution in [1.29, 1.82) is 0 Å². The number of anilines is 6. The number of para-hydroxylation sites is 3. The summed E-state index contributed by atoms with van der Waals surface area (Å²) in [5.74, 6) is 0. The minimum atomic E-state index is 1.01. The van der Waals surface area contributed by atoms with Crippen LogP contribution in [0.3, 0.4) is 0 Å². The smallest absolute Gasteiger partial charge is 0.0645 e. The van der Waals surface area contributed by atoms with Gasteiger partial charge in [0.1, 0.15) is 0 Å². The summed E-state index contributed by atoms with van der Waals surface area (Å²) in [6.07, 6.45) is 3.78. The van der Waals surface area contributed by atoms with Gasteiger partial charge in [-0.1, -0.05) is 121 Å². The van der Waals surface area contributed by atoms with E-state index < -0.39 is 0 Å². The fourth-order valence-corrected chi connectivity index (χ4v) is 8.89. The predicted molar refractivity (Wildman–Crippen MR) is 224 cm³/mol. The van der Waals surface area contributed by atoms with Crippen LogP contribution < -0.4 is 9.80 Å². The molecule has 0 fully saturated rings. The third-order valence-electron chi connectivity index (χ3n) is 10.1. The molecule has 53 heavy (non-hydrogen) atoms. The summed E-state index contributed by atoms with van der Waals surface area (Å²) in [6, 6.07) is 67.6. The molecule has 0 bridgehead atoms. The molecule has 0 N–H and O–H groups in total. The summed E-state index contributed by atoms with van der Waals surface area (Å²) in [6.45, 7) is 0. The van der Waals surface area contributed by atoms with Gasteiger partial charge in [0.05, 0.1) is 17.6 Å². The van der Waals surface area contributed by atoms with Gasteiger partial charge in [-0.2, -0.15) is 0 Å². The molecule has 1 aromatic heterocycles. The van der Waals surface area contributed by atoms with E-state index in [4.69, 9.17) is 0 Å². The monoisotopic (exact) mass is 695 g/mol. The van der Waals surface area contributed by atoms with E-state index in [-0.39, 0.29) is 0 Å². The topological polar surface area (TPSA) is 19.4 Å². The maximum atomic E-state index is 4.54. The molecule has 8 aromatic carbocycles. The highest BCUT2D eigenvalue weighted by Gasteiger charge is 2.24. The Balaban J connectivity index is 1.13. The number of hydrogen-bond donors (Lipinski definition) is 0. The summed E-state index contributed by atoms with van der Waals surface area (Å²) >= 11 is 1.86. The highest BCUT2D eigenvalue weighted by Crippen LogP contribution is 2.52. The second-order valence-corrected chi connectivity index (χ2v) is 14.3. The van der Waals surface area contributed by atoms with Crippen molar-refractivity contribution < 1.29 is 0 Å².